The third kappa shape index (κ3) is 4.17. The predicted molar refractivity (Wildman–Crippen MR) is 120 cm³/mol. The van der Waals surface area contributed by atoms with Crippen molar-refractivity contribution < 1.29 is 14.0 Å². The van der Waals surface area contributed by atoms with E-state index >= 15 is 0 Å². The van der Waals surface area contributed by atoms with E-state index in [-0.39, 0.29) is 17.2 Å². The van der Waals surface area contributed by atoms with Gasteiger partial charge in [0.05, 0.1) is 12.1 Å². The van der Waals surface area contributed by atoms with Gasteiger partial charge in [-0.2, -0.15) is 0 Å². The molecular weight excluding hydrogens is 389 g/mol. The lowest BCUT2D eigenvalue weighted by molar-refractivity contribution is -0.152. The average molecular weight is 420 g/mol. The molecule has 31 heavy (non-hydrogen) atoms. The molecule has 6 rings (SSSR count). The maximum Gasteiger partial charge on any atom is 0.335 e. The van der Waals surface area contributed by atoms with E-state index in [1.54, 1.807) is 12.1 Å². The molecule has 0 unspecified atom stereocenters. The van der Waals surface area contributed by atoms with Crippen LogP contribution in [0.3, 0.4) is 0 Å². The Kier molecular flexibility index (Phi) is 5.41. The number of halogens is 1. The molecule has 0 spiro atoms. The smallest absolute Gasteiger partial charge is 0.318 e. The zero-order valence-corrected chi connectivity index (χ0v) is 18.1. The van der Waals surface area contributed by atoms with Gasteiger partial charge in [0.2, 0.25) is 0 Å². The molecule has 2 aromatic carbocycles. The van der Waals surface area contributed by atoms with Crippen molar-refractivity contribution in [3.8, 4) is 11.1 Å². The molecule has 4 aliphatic carbocycles. The lowest BCUT2D eigenvalue weighted by Gasteiger charge is -2.56. The van der Waals surface area contributed by atoms with Gasteiger partial charge >= 0.3 is 5.97 Å². The molecule has 0 amide bonds. The van der Waals surface area contributed by atoms with Crippen LogP contribution in [0.2, 0.25) is 0 Å². The fourth-order valence-corrected chi connectivity index (χ4v) is 6.81. The zero-order valence-electron chi connectivity index (χ0n) is 18.1. The predicted octanol–water partition coefficient (Wildman–Crippen LogP) is 6.76. The maximum atomic E-state index is 14.0. The van der Waals surface area contributed by atoms with Crippen molar-refractivity contribution in [2.75, 3.05) is 0 Å². The second-order valence-corrected chi connectivity index (χ2v) is 10.0. The van der Waals surface area contributed by atoms with E-state index in [0.717, 1.165) is 34.6 Å². The van der Waals surface area contributed by atoms with E-state index < -0.39 is 0 Å². The van der Waals surface area contributed by atoms with E-state index in [4.69, 9.17) is 4.84 Å². The lowest BCUT2D eigenvalue weighted by atomic mass is 9.49. The standard InChI is InChI=1S/C27H30FNO2/c1-2-25(22-9-7-21(8-10-22)23-5-3-4-6-24(23)28)29-31-26(30)17-27-14-18-11-19(15-27)13-20(12-18)16-27/h3-10,18-20H,2,11-17H2,1H3. The first-order chi connectivity index (χ1) is 15.0. The molecule has 0 heterocycles. The Labute approximate surface area is 183 Å². The fourth-order valence-electron chi connectivity index (χ4n) is 6.81. The number of carbonyl (C=O) groups excluding carboxylic acids is 1. The summed E-state index contributed by atoms with van der Waals surface area (Å²) in [5.41, 5.74) is 3.18. The summed E-state index contributed by atoms with van der Waals surface area (Å²) in [6.45, 7) is 2.00. The number of hydrogen-bond acceptors (Lipinski definition) is 3. The number of carbonyl (C=O) groups is 1. The van der Waals surface area contributed by atoms with E-state index in [0.29, 0.717) is 18.4 Å². The summed E-state index contributed by atoms with van der Waals surface area (Å²) < 4.78 is 14.0. The highest BCUT2D eigenvalue weighted by Crippen LogP contribution is 2.61. The molecule has 2 aromatic rings. The monoisotopic (exact) mass is 419 g/mol. The van der Waals surface area contributed by atoms with Crippen molar-refractivity contribution in [3.05, 3.63) is 59.9 Å². The van der Waals surface area contributed by atoms with Crippen LogP contribution in [0.15, 0.2) is 53.7 Å². The van der Waals surface area contributed by atoms with Crippen molar-refractivity contribution in [1.29, 1.82) is 0 Å². The van der Waals surface area contributed by atoms with Gasteiger partial charge in [-0.25, -0.2) is 9.18 Å². The Morgan fingerprint density at radius 2 is 1.61 bits per heavy atom. The quantitative estimate of drug-likeness (QED) is 0.295. The highest BCUT2D eigenvalue weighted by Gasteiger charge is 2.51. The summed E-state index contributed by atoms with van der Waals surface area (Å²) in [7, 11) is 0. The normalized spacial score (nSPS) is 29.2. The van der Waals surface area contributed by atoms with Gasteiger partial charge in [-0.3, -0.25) is 0 Å². The van der Waals surface area contributed by atoms with E-state index in [9.17, 15) is 9.18 Å². The van der Waals surface area contributed by atoms with Gasteiger partial charge in [-0.05, 0) is 85.3 Å². The molecule has 4 heteroatoms. The molecule has 0 radical (unpaired) electrons. The SMILES string of the molecule is CCC(=NOC(=O)CC12CC3CC(CC(C3)C1)C2)c1ccc(-c2ccccc2F)cc1. The number of benzene rings is 2. The molecule has 0 N–H and O–H groups in total. The van der Waals surface area contributed by atoms with Crippen LogP contribution in [0.4, 0.5) is 4.39 Å². The summed E-state index contributed by atoms with van der Waals surface area (Å²) in [6, 6.07) is 14.3. The van der Waals surface area contributed by atoms with Crippen molar-refractivity contribution in [2.45, 2.75) is 58.3 Å². The second-order valence-electron chi connectivity index (χ2n) is 10.0. The van der Waals surface area contributed by atoms with Gasteiger partial charge in [0.15, 0.2) is 0 Å². The first-order valence-corrected chi connectivity index (χ1v) is 11.7. The van der Waals surface area contributed by atoms with Crippen molar-refractivity contribution in [2.24, 2.45) is 28.3 Å². The van der Waals surface area contributed by atoms with Crippen molar-refractivity contribution >= 4 is 11.7 Å². The first-order valence-electron chi connectivity index (χ1n) is 11.7. The topological polar surface area (TPSA) is 38.7 Å². The Bertz CT molecular complexity index is 959. The van der Waals surface area contributed by atoms with Gasteiger partial charge in [0, 0.05) is 5.56 Å². The largest absolute Gasteiger partial charge is 0.335 e. The number of rotatable bonds is 6. The Hall–Kier alpha value is -2.49. The van der Waals surface area contributed by atoms with E-state index in [1.807, 2.05) is 37.3 Å². The summed E-state index contributed by atoms with van der Waals surface area (Å²) in [4.78, 5) is 18.1. The summed E-state index contributed by atoms with van der Waals surface area (Å²) in [5, 5.41) is 4.22. The summed E-state index contributed by atoms with van der Waals surface area (Å²) >= 11 is 0. The molecule has 4 aliphatic rings. The van der Waals surface area contributed by atoms with Crippen LogP contribution in [0.5, 0.6) is 0 Å². The van der Waals surface area contributed by atoms with Gasteiger partial charge in [0.1, 0.15) is 5.82 Å². The van der Waals surface area contributed by atoms with Crippen molar-refractivity contribution in [3.63, 3.8) is 0 Å². The molecule has 162 valence electrons. The van der Waals surface area contributed by atoms with Crippen LogP contribution < -0.4 is 0 Å². The van der Waals surface area contributed by atoms with Gasteiger partial charge in [-0.15, -0.1) is 0 Å². The molecule has 0 aromatic heterocycles. The number of nitrogens with zero attached hydrogens (tertiary/aromatic N) is 1. The molecule has 4 fully saturated rings. The molecule has 4 bridgehead atoms. The summed E-state index contributed by atoms with van der Waals surface area (Å²) in [6.07, 6.45) is 8.84. The van der Waals surface area contributed by atoms with Crippen LogP contribution in [-0.4, -0.2) is 11.7 Å². The van der Waals surface area contributed by atoms with Crippen LogP contribution in [0, 0.1) is 29.0 Å². The highest BCUT2D eigenvalue weighted by atomic mass is 19.1. The third-order valence-corrected chi connectivity index (χ3v) is 7.68. The van der Waals surface area contributed by atoms with Crippen LogP contribution >= 0.6 is 0 Å². The molecule has 0 saturated heterocycles. The Morgan fingerprint density at radius 3 is 2.19 bits per heavy atom. The Balaban J connectivity index is 1.25. The molecule has 4 saturated carbocycles. The minimum absolute atomic E-state index is 0.162. The van der Waals surface area contributed by atoms with Gasteiger partial charge in [-0.1, -0.05) is 54.5 Å². The molecule has 3 nitrogen and oxygen atoms in total. The van der Waals surface area contributed by atoms with E-state index in [1.165, 1.54) is 44.6 Å². The zero-order chi connectivity index (χ0) is 21.4. The average Bonchev–Trinajstić information content (AvgIpc) is 2.74. The minimum Gasteiger partial charge on any atom is -0.318 e. The van der Waals surface area contributed by atoms with Crippen molar-refractivity contribution in [1.82, 2.24) is 0 Å². The number of hydrogen-bond donors (Lipinski definition) is 0. The number of oxime groups is 1. The molecular formula is C27H30FNO2. The second kappa shape index (κ2) is 8.22. The van der Waals surface area contributed by atoms with E-state index in [2.05, 4.69) is 5.16 Å². The highest BCUT2D eigenvalue weighted by molar-refractivity contribution is 6.00. The molecule has 0 aliphatic heterocycles. The van der Waals surface area contributed by atoms with Crippen LogP contribution in [0.25, 0.3) is 11.1 Å². The van der Waals surface area contributed by atoms with Crippen LogP contribution in [0.1, 0.15) is 63.9 Å². The minimum atomic E-state index is -0.238. The first kappa shape index (κ1) is 20.4. The van der Waals surface area contributed by atoms with Gasteiger partial charge < -0.3 is 4.84 Å². The molecule has 0 atom stereocenters. The Morgan fingerprint density at radius 1 is 1.00 bits per heavy atom. The lowest BCUT2D eigenvalue weighted by Crippen LogP contribution is -2.46. The maximum absolute atomic E-state index is 14.0. The fraction of sp³-hybridized carbons (Fsp3) is 0.481. The third-order valence-electron chi connectivity index (χ3n) is 7.68. The van der Waals surface area contributed by atoms with Gasteiger partial charge in [0.25, 0.3) is 0 Å². The summed E-state index contributed by atoms with van der Waals surface area (Å²) in [5.74, 6) is 2.03. The van der Waals surface area contributed by atoms with Crippen LogP contribution in [-0.2, 0) is 9.63 Å².